The van der Waals surface area contributed by atoms with E-state index in [2.05, 4.69) is 18.7 Å². The third-order valence-electron chi connectivity index (χ3n) is 3.16. The number of rotatable bonds is 2. The maximum absolute atomic E-state index is 13.5. The fourth-order valence-electron chi connectivity index (χ4n) is 1.90. The summed E-state index contributed by atoms with van der Waals surface area (Å²) in [5.41, 5.74) is 6.91. The lowest BCUT2D eigenvalue weighted by atomic mass is 9.88. The second kappa shape index (κ2) is 3.72. The van der Waals surface area contributed by atoms with E-state index in [1.807, 2.05) is 0 Å². The molecule has 1 fully saturated rings. The van der Waals surface area contributed by atoms with Gasteiger partial charge in [0.05, 0.1) is 5.69 Å². The molecule has 2 nitrogen and oxygen atoms in total. The fraction of sp³-hybridized carbons (Fsp3) is 0.500. The van der Waals surface area contributed by atoms with E-state index in [1.165, 1.54) is 6.07 Å². The molecule has 0 aromatic heterocycles. The van der Waals surface area contributed by atoms with E-state index in [1.54, 1.807) is 12.1 Å². The average molecular weight is 208 g/mol. The standard InChI is InChI=1S/C12H17FN2/c1-8(2)9-6-15(7-9)12-5-10(14)3-4-11(12)13/h3-5,8-9H,6-7,14H2,1-2H3. The number of benzene rings is 1. The normalized spacial score (nSPS) is 16.9. The fourth-order valence-corrected chi connectivity index (χ4v) is 1.90. The Labute approximate surface area is 89.9 Å². The van der Waals surface area contributed by atoms with Crippen LogP contribution in [0.5, 0.6) is 0 Å². The number of hydrogen-bond donors (Lipinski definition) is 1. The van der Waals surface area contributed by atoms with Crippen molar-refractivity contribution >= 4 is 11.4 Å². The monoisotopic (exact) mass is 208 g/mol. The summed E-state index contributed by atoms with van der Waals surface area (Å²) in [6, 6.07) is 4.75. The maximum Gasteiger partial charge on any atom is 0.146 e. The Balaban J connectivity index is 2.09. The summed E-state index contributed by atoms with van der Waals surface area (Å²) >= 11 is 0. The molecule has 0 unspecified atom stereocenters. The van der Waals surface area contributed by atoms with Crippen molar-refractivity contribution in [1.82, 2.24) is 0 Å². The van der Waals surface area contributed by atoms with Crippen molar-refractivity contribution in [3.8, 4) is 0 Å². The van der Waals surface area contributed by atoms with Gasteiger partial charge in [-0.15, -0.1) is 0 Å². The van der Waals surface area contributed by atoms with Crippen LogP contribution < -0.4 is 10.6 Å². The summed E-state index contributed by atoms with van der Waals surface area (Å²) in [5, 5.41) is 0. The van der Waals surface area contributed by atoms with Crippen LogP contribution in [0.3, 0.4) is 0 Å². The molecule has 1 saturated heterocycles. The van der Waals surface area contributed by atoms with E-state index in [9.17, 15) is 4.39 Å². The van der Waals surface area contributed by atoms with Crippen LogP contribution in [0.25, 0.3) is 0 Å². The average Bonchev–Trinajstić information content (AvgIpc) is 2.08. The second-order valence-corrected chi connectivity index (χ2v) is 4.62. The van der Waals surface area contributed by atoms with E-state index in [0.29, 0.717) is 23.2 Å². The van der Waals surface area contributed by atoms with E-state index < -0.39 is 0 Å². The van der Waals surface area contributed by atoms with Crippen LogP contribution in [0.2, 0.25) is 0 Å². The van der Waals surface area contributed by atoms with Crippen LogP contribution in [0, 0.1) is 17.7 Å². The lowest BCUT2D eigenvalue weighted by molar-refractivity contribution is 0.307. The number of nitrogen functional groups attached to an aromatic ring is 1. The predicted molar refractivity (Wildman–Crippen MR) is 61.4 cm³/mol. The minimum atomic E-state index is -0.175. The van der Waals surface area contributed by atoms with Crippen LogP contribution in [0.15, 0.2) is 18.2 Å². The van der Waals surface area contributed by atoms with Crippen molar-refractivity contribution in [3.05, 3.63) is 24.0 Å². The number of nitrogens with zero attached hydrogens (tertiary/aromatic N) is 1. The van der Waals surface area contributed by atoms with Crippen molar-refractivity contribution in [1.29, 1.82) is 0 Å². The molecule has 0 radical (unpaired) electrons. The van der Waals surface area contributed by atoms with Crippen molar-refractivity contribution < 1.29 is 4.39 Å². The van der Waals surface area contributed by atoms with Crippen molar-refractivity contribution in [3.63, 3.8) is 0 Å². The van der Waals surface area contributed by atoms with Gasteiger partial charge in [0.15, 0.2) is 0 Å². The Morgan fingerprint density at radius 2 is 2.07 bits per heavy atom. The highest BCUT2D eigenvalue weighted by atomic mass is 19.1. The molecule has 2 N–H and O–H groups in total. The molecule has 3 heteroatoms. The SMILES string of the molecule is CC(C)C1CN(c2cc(N)ccc2F)C1. The molecular formula is C12H17FN2. The van der Waals surface area contributed by atoms with Crippen LogP contribution in [-0.2, 0) is 0 Å². The third-order valence-corrected chi connectivity index (χ3v) is 3.16. The largest absolute Gasteiger partial charge is 0.399 e. The molecular weight excluding hydrogens is 191 g/mol. The summed E-state index contributed by atoms with van der Waals surface area (Å²) in [6.45, 7) is 6.30. The van der Waals surface area contributed by atoms with Gasteiger partial charge in [-0.25, -0.2) is 4.39 Å². The molecule has 1 aromatic carbocycles. The molecule has 0 bridgehead atoms. The molecule has 1 aromatic rings. The zero-order valence-electron chi connectivity index (χ0n) is 9.20. The Kier molecular flexibility index (Phi) is 2.55. The van der Waals surface area contributed by atoms with Crippen LogP contribution in [-0.4, -0.2) is 13.1 Å². The van der Waals surface area contributed by atoms with Crippen LogP contribution >= 0.6 is 0 Å². The van der Waals surface area contributed by atoms with Crippen molar-refractivity contribution in [2.45, 2.75) is 13.8 Å². The Morgan fingerprint density at radius 3 is 2.67 bits per heavy atom. The van der Waals surface area contributed by atoms with Crippen molar-refractivity contribution in [2.24, 2.45) is 11.8 Å². The van der Waals surface area contributed by atoms with E-state index >= 15 is 0 Å². The van der Waals surface area contributed by atoms with Gasteiger partial charge in [-0.2, -0.15) is 0 Å². The van der Waals surface area contributed by atoms with Gasteiger partial charge in [0, 0.05) is 18.8 Å². The van der Waals surface area contributed by atoms with Gasteiger partial charge in [-0.1, -0.05) is 13.8 Å². The Bertz CT molecular complexity index is 357. The highest BCUT2D eigenvalue weighted by molar-refractivity contribution is 5.58. The number of hydrogen-bond acceptors (Lipinski definition) is 2. The van der Waals surface area contributed by atoms with Gasteiger partial charge in [0.1, 0.15) is 5.82 Å². The van der Waals surface area contributed by atoms with Gasteiger partial charge in [0.25, 0.3) is 0 Å². The zero-order valence-corrected chi connectivity index (χ0v) is 9.20. The lowest BCUT2D eigenvalue weighted by Gasteiger charge is -2.43. The Morgan fingerprint density at radius 1 is 1.40 bits per heavy atom. The van der Waals surface area contributed by atoms with E-state index in [-0.39, 0.29) is 5.82 Å². The highest BCUT2D eigenvalue weighted by Crippen LogP contribution is 2.31. The number of anilines is 2. The number of halogens is 1. The second-order valence-electron chi connectivity index (χ2n) is 4.62. The zero-order chi connectivity index (χ0) is 11.0. The first kappa shape index (κ1) is 10.3. The molecule has 1 aliphatic rings. The van der Waals surface area contributed by atoms with E-state index in [0.717, 1.165) is 13.1 Å². The molecule has 0 aliphatic carbocycles. The molecule has 2 rings (SSSR count). The molecule has 1 aliphatic heterocycles. The summed E-state index contributed by atoms with van der Waals surface area (Å²) in [4.78, 5) is 2.05. The summed E-state index contributed by atoms with van der Waals surface area (Å²) in [6.07, 6.45) is 0. The first-order chi connectivity index (χ1) is 7.08. The highest BCUT2D eigenvalue weighted by Gasteiger charge is 2.30. The predicted octanol–water partition coefficient (Wildman–Crippen LogP) is 2.50. The summed E-state index contributed by atoms with van der Waals surface area (Å²) in [7, 11) is 0. The lowest BCUT2D eigenvalue weighted by Crippen LogP contribution is -2.49. The smallest absolute Gasteiger partial charge is 0.146 e. The maximum atomic E-state index is 13.5. The minimum Gasteiger partial charge on any atom is -0.399 e. The first-order valence-electron chi connectivity index (χ1n) is 5.38. The molecule has 0 saturated carbocycles. The quantitative estimate of drug-likeness (QED) is 0.757. The van der Waals surface area contributed by atoms with E-state index in [4.69, 9.17) is 5.73 Å². The third kappa shape index (κ3) is 1.91. The molecule has 0 amide bonds. The Hall–Kier alpha value is -1.25. The van der Waals surface area contributed by atoms with Crippen LogP contribution in [0.4, 0.5) is 15.8 Å². The molecule has 15 heavy (non-hydrogen) atoms. The molecule has 0 spiro atoms. The number of nitrogens with two attached hydrogens (primary N) is 1. The molecule has 82 valence electrons. The first-order valence-corrected chi connectivity index (χ1v) is 5.38. The van der Waals surface area contributed by atoms with Gasteiger partial charge < -0.3 is 10.6 Å². The van der Waals surface area contributed by atoms with Gasteiger partial charge in [-0.3, -0.25) is 0 Å². The summed E-state index contributed by atoms with van der Waals surface area (Å²) < 4.78 is 13.5. The van der Waals surface area contributed by atoms with Gasteiger partial charge >= 0.3 is 0 Å². The summed E-state index contributed by atoms with van der Waals surface area (Å²) in [5.74, 6) is 1.18. The topological polar surface area (TPSA) is 29.3 Å². The van der Waals surface area contributed by atoms with Gasteiger partial charge in [0.2, 0.25) is 0 Å². The van der Waals surface area contributed by atoms with Crippen molar-refractivity contribution in [2.75, 3.05) is 23.7 Å². The minimum absolute atomic E-state index is 0.175. The molecule has 0 atom stereocenters. The molecule has 1 heterocycles. The van der Waals surface area contributed by atoms with Gasteiger partial charge in [-0.05, 0) is 30.0 Å². The van der Waals surface area contributed by atoms with Crippen LogP contribution in [0.1, 0.15) is 13.8 Å².